The summed E-state index contributed by atoms with van der Waals surface area (Å²) in [4.78, 5) is 11.0. The van der Waals surface area contributed by atoms with Crippen LogP contribution in [0.1, 0.15) is 43.6 Å². The summed E-state index contributed by atoms with van der Waals surface area (Å²) < 4.78 is 5.05. The predicted molar refractivity (Wildman–Crippen MR) is 63.2 cm³/mol. The lowest BCUT2D eigenvalue weighted by atomic mass is 9.84. The molecule has 1 fully saturated rings. The van der Waals surface area contributed by atoms with Gasteiger partial charge in [0.25, 0.3) is 0 Å². The van der Waals surface area contributed by atoms with Gasteiger partial charge in [0.2, 0.25) is 0 Å². The monoisotopic (exact) mass is 235 g/mol. The third-order valence-corrected chi connectivity index (χ3v) is 3.26. The summed E-state index contributed by atoms with van der Waals surface area (Å²) in [6, 6.07) is 7.54. The van der Waals surface area contributed by atoms with Gasteiger partial charge >= 0.3 is 6.09 Å². The highest BCUT2D eigenvalue weighted by molar-refractivity contribution is 5.69. The van der Waals surface area contributed by atoms with Crippen LogP contribution in [0.5, 0.6) is 5.75 Å². The zero-order valence-corrected chi connectivity index (χ0v) is 9.69. The summed E-state index contributed by atoms with van der Waals surface area (Å²) in [6.45, 7) is 0. The highest BCUT2D eigenvalue weighted by atomic mass is 16.6. The molecule has 0 aliphatic heterocycles. The van der Waals surface area contributed by atoms with Gasteiger partial charge in [-0.1, -0.05) is 37.5 Å². The van der Waals surface area contributed by atoms with Gasteiger partial charge in [0.15, 0.2) is 0 Å². The molecule has 0 radical (unpaired) electrons. The fourth-order valence-corrected chi connectivity index (χ4v) is 2.45. The zero-order chi connectivity index (χ0) is 12.1. The van der Waals surface area contributed by atoms with Crippen molar-refractivity contribution in [2.45, 2.75) is 38.0 Å². The molecule has 1 amide bonds. The van der Waals surface area contributed by atoms with Gasteiger partial charge < -0.3 is 4.74 Å². The Morgan fingerprint density at radius 3 is 2.65 bits per heavy atom. The number of benzene rings is 1. The number of nitrogens with one attached hydrogen (secondary N) is 1. The van der Waals surface area contributed by atoms with E-state index in [1.807, 2.05) is 18.2 Å². The second-order valence-corrected chi connectivity index (χ2v) is 4.37. The minimum Gasteiger partial charge on any atom is -0.409 e. The Morgan fingerprint density at radius 1 is 1.24 bits per heavy atom. The van der Waals surface area contributed by atoms with Crippen LogP contribution in [0.2, 0.25) is 0 Å². The number of carbonyl (C=O) groups is 1. The third-order valence-electron chi connectivity index (χ3n) is 3.26. The van der Waals surface area contributed by atoms with E-state index in [1.165, 1.54) is 24.7 Å². The Balaban J connectivity index is 2.17. The molecule has 0 aromatic heterocycles. The minimum atomic E-state index is -0.840. The van der Waals surface area contributed by atoms with Crippen LogP contribution in [0.25, 0.3) is 0 Å². The van der Waals surface area contributed by atoms with Crippen LogP contribution in [0.3, 0.4) is 0 Å². The normalized spacial score (nSPS) is 16.5. The number of hydrogen-bond acceptors (Lipinski definition) is 3. The summed E-state index contributed by atoms with van der Waals surface area (Å²) in [7, 11) is 0. The molecule has 1 saturated carbocycles. The van der Waals surface area contributed by atoms with Gasteiger partial charge in [-0.05, 0) is 30.4 Å². The molecule has 2 N–H and O–H groups in total. The van der Waals surface area contributed by atoms with Crippen molar-refractivity contribution in [3.8, 4) is 5.75 Å². The van der Waals surface area contributed by atoms with Crippen molar-refractivity contribution in [1.29, 1.82) is 0 Å². The minimum absolute atomic E-state index is 0.464. The van der Waals surface area contributed by atoms with Crippen LogP contribution in [0.15, 0.2) is 24.3 Å². The molecule has 17 heavy (non-hydrogen) atoms. The molecule has 0 atom stereocenters. The Labute approximate surface area is 101 Å². The summed E-state index contributed by atoms with van der Waals surface area (Å²) in [5.41, 5.74) is 2.55. The molecular weight excluding hydrogens is 218 g/mol. The first-order chi connectivity index (χ1) is 8.31. The fraction of sp³-hybridized carbons (Fsp3) is 0.462. The molecule has 2 rings (SSSR count). The average Bonchev–Trinajstić information content (AvgIpc) is 2.40. The Hall–Kier alpha value is -1.55. The van der Waals surface area contributed by atoms with E-state index in [9.17, 15) is 4.79 Å². The number of para-hydroxylation sites is 1. The molecule has 0 spiro atoms. The van der Waals surface area contributed by atoms with E-state index in [-0.39, 0.29) is 0 Å². The van der Waals surface area contributed by atoms with E-state index in [0.29, 0.717) is 11.7 Å². The fourth-order valence-electron chi connectivity index (χ4n) is 2.45. The van der Waals surface area contributed by atoms with Crippen LogP contribution in [-0.2, 0) is 0 Å². The average molecular weight is 235 g/mol. The van der Waals surface area contributed by atoms with Gasteiger partial charge in [0.1, 0.15) is 5.75 Å². The van der Waals surface area contributed by atoms with E-state index >= 15 is 0 Å². The van der Waals surface area contributed by atoms with Crippen LogP contribution in [-0.4, -0.2) is 11.3 Å². The predicted octanol–water partition coefficient (Wildman–Crippen LogP) is 3.21. The Kier molecular flexibility index (Phi) is 3.98. The zero-order valence-electron chi connectivity index (χ0n) is 9.69. The molecule has 1 aromatic rings. The number of ether oxygens (including phenoxy) is 1. The summed E-state index contributed by atoms with van der Waals surface area (Å²) in [5, 5.41) is 8.47. The third kappa shape index (κ3) is 2.97. The van der Waals surface area contributed by atoms with Crippen molar-refractivity contribution < 1.29 is 14.7 Å². The van der Waals surface area contributed by atoms with Crippen molar-refractivity contribution in [3.05, 3.63) is 29.8 Å². The first kappa shape index (κ1) is 11.9. The van der Waals surface area contributed by atoms with Crippen molar-refractivity contribution in [2.75, 3.05) is 0 Å². The number of rotatable bonds is 2. The molecule has 1 aliphatic carbocycles. The van der Waals surface area contributed by atoms with Crippen molar-refractivity contribution in [2.24, 2.45) is 0 Å². The molecular formula is C13H17NO3. The molecule has 0 heterocycles. The van der Waals surface area contributed by atoms with Gasteiger partial charge in [0.05, 0.1) is 0 Å². The van der Waals surface area contributed by atoms with Gasteiger partial charge in [-0.25, -0.2) is 10.3 Å². The summed E-state index contributed by atoms with van der Waals surface area (Å²) in [5.74, 6) is 1.01. The van der Waals surface area contributed by atoms with Crippen LogP contribution < -0.4 is 10.2 Å². The highest BCUT2D eigenvalue weighted by Crippen LogP contribution is 2.37. The summed E-state index contributed by atoms with van der Waals surface area (Å²) >= 11 is 0. The molecule has 0 saturated heterocycles. The van der Waals surface area contributed by atoms with Crippen LogP contribution >= 0.6 is 0 Å². The molecule has 4 heteroatoms. The molecule has 92 valence electrons. The lowest BCUT2D eigenvalue weighted by Crippen LogP contribution is -2.23. The Morgan fingerprint density at radius 2 is 1.94 bits per heavy atom. The van der Waals surface area contributed by atoms with Gasteiger partial charge in [-0.15, -0.1) is 0 Å². The maximum Gasteiger partial charge on any atom is 0.436 e. The number of hydroxylamine groups is 1. The summed E-state index contributed by atoms with van der Waals surface area (Å²) in [6.07, 6.45) is 5.18. The van der Waals surface area contributed by atoms with Gasteiger partial charge in [0, 0.05) is 0 Å². The van der Waals surface area contributed by atoms with E-state index in [1.54, 1.807) is 6.07 Å². The lowest BCUT2D eigenvalue weighted by molar-refractivity contribution is 0.127. The molecule has 4 nitrogen and oxygen atoms in total. The SMILES string of the molecule is O=C(NO)Oc1ccccc1C1CCCCC1. The van der Waals surface area contributed by atoms with Crippen LogP contribution in [0.4, 0.5) is 4.79 Å². The van der Waals surface area contributed by atoms with Crippen LogP contribution in [0, 0.1) is 0 Å². The maximum absolute atomic E-state index is 11.0. The van der Waals surface area contributed by atoms with E-state index in [4.69, 9.17) is 9.94 Å². The molecule has 1 aliphatic rings. The highest BCUT2D eigenvalue weighted by Gasteiger charge is 2.19. The van der Waals surface area contributed by atoms with Crippen molar-refractivity contribution >= 4 is 6.09 Å². The number of carbonyl (C=O) groups excluding carboxylic acids is 1. The smallest absolute Gasteiger partial charge is 0.409 e. The van der Waals surface area contributed by atoms with E-state index in [0.717, 1.165) is 18.4 Å². The molecule has 1 aromatic carbocycles. The van der Waals surface area contributed by atoms with Gasteiger partial charge in [-0.3, -0.25) is 5.21 Å². The first-order valence-electron chi connectivity index (χ1n) is 6.02. The Bertz CT molecular complexity index is 386. The second kappa shape index (κ2) is 5.68. The van der Waals surface area contributed by atoms with Crippen molar-refractivity contribution in [3.63, 3.8) is 0 Å². The molecule has 0 unspecified atom stereocenters. The lowest BCUT2D eigenvalue weighted by Gasteiger charge is -2.23. The number of amides is 1. The maximum atomic E-state index is 11.0. The first-order valence-corrected chi connectivity index (χ1v) is 6.02. The van der Waals surface area contributed by atoms with E-state index < -0.39 is 6.09 Å². The largest absolute Gasteiger partial charge is 0.436 e. The standard InChI is InChI=1S/C13H17NO3/c15-13(14-16)17-12-9-5-4-8-11(12)10-6-2-1-3-7-10/h4-5,8-10,16H,1-3,6-7H2,(H,14,15). The second-order valence-electron chi connectivity index (χ2n) is 4.37. The quantitative estimate of drug-likeness (QED) is 0.611. The van der Waals surface area contributed by atoms with Crippen molar-refractivity contribution in [1.82, 2.24) is 5.48 Å². The van der Waals surface area contributed by atoms with Gasteiger partial charge in [-0.2, -0.15) is 0 Å². The topological polar surface area (TPSA) is 58.6 Å². The molecule has 0 bridgehead atoms. The number of hydrogen-bond donors (Lipinski definition) is 2. The van der Waals surface area contributed by atoms with E-state index in [2.05, 4.69) is 0 Å².